The Morgan fingerprint density at radius 1 is 0.810 bits per heavy atom. The summed E-state index contributed by atoms with van der Waals surface area (Å²) in [4.78, 5) is 12.2. The van der Waals surface area contributed by atoms with Crippen molar-refractivity contribution in [2.45, 2.75) is 136 Å². The summed E-state index contributed by atoms with van der Waals surface area (Å²) in [6.07, 6.45) is 29.6. The summed E-state index contributed by atoms with van der Waals surface area (Å²) < 4.78 is 26.3. The van der Waals surface area contributed by atoms with E-state index < -0.39 is 6.16 Å². The summed E-state index contributed by atoms with van der Waals surface area (Å²) in [5.41, 5.74) is 1.95. The van der Waals surface area contributed by atoms with Gasteiger partial charge in [-0.25, -0.2) is 4.79 Å². The Labute approximate surface area is 261 Å². The number of hydrogen-bond acceptors (Lipinski definition) is 7. The van der Waals surface area contributed by atoms with Crippen LogP contribution in [0.5, 0.6) is 5.88 Å². The summed E-state index contributed by atoms with van der Waals surface area (Å²) in [5.74, 6) is 0.632. The van der Waals surface area contributed by atoms with Crippen LogP contribution in [0.1, 0.15) is 142 Å². The predicted molar refractivity (Wildman–Crippen MR) is 175 cm³/mol. The highest BCUT2D eigenvalue weighted by molar-refractivity contribution is 6.99. The first-order valence-electron chi connectivity index (χ1n) is 17.0. The molecule has 1 aromatic rings. The third kappa shape index (κ3) is 16.6. The van der Waals surface area contributed by atoms with Crippen LogP contribution in [0.3, 0.4) is 0 Å². The third-order valence-electron chi connectivity index (χ3n) is 7.98. The molecule has 0 saturated carbocycles. The van der Waals surface area contributed by atoms with Crippen molar-refractivity contribution in [3.05, 3.63) is 23.9 Å². The number of likely N-dealkylation sites (N-methyl/N-ethyl adjacent to an activating group) is 1. The van der Waals surface area contributed by atoms with E-state index in [1.165, 1.54) is 108 Å². The number of aromatic nitrogens is 2. The van der Waals surface area contributed by atoms with Gasteiger partial charge in [0.1, 0.15) is 12.2 Å². The molecule has 0 saturated heterocycles. The summed E-state index contributed by atoms with van der Waals surface area (Å²) in [6.45, 7) is 7.48. The number of allylic oxidation sites excluding steroid dienone is 2. The quantitative estimate of drug-likeness (QED) is 0.0477. The molecule has 2 heterocycles. The smallest absolute Gasteiger partial charge is 0.475 e. The van der Waals surface area contributed by atoms with Gasteiger partial charge in [-0.3, -0.25) is 4.48 Å². The van der Waals surface area contributed by atoms with Gasteiger partial charge in [0.25, 0.3) is 5.88 Å². The maximum atomic E-state index is 12.2. The van der Waals surface area contributed by atoms with Gasteiger partial charge in [0.05, 0.1) is 38.5 Å². The molecule has 8 heteroatoms. The molecule has 0 bridgehead atoms. The standard InChI is InChI=1S/C34H60N3O4S/c1-4-6-8-10-11-12-13-14-15-16-17-18-19-20-21-23-28-40-34(38)41-30-37(3)26-24-25-31(29-37)32-33(36-42-35-32)39-27-22-9-7-5-2/h14-15,25H,4-13,16-24,26-30H2,1-3H3/q+1/b15-14-. The lowest BCUT2D eigenvalue weighted by atomic mass is 10.1. The van der Waals surface area contributed by atoms with Gasteiger partial charge in [0, 0.05) is 12.0 Å². The Balaban J connectivity index is 1.49. The molecule has 0 spiro atoms. The minimum absolute atomic E-state index is 0.286. The zero-order chi connectivity index (χ0) is 30.1. The largest absolute Gasteiger partial charge is 0.512 e. The van der Waals surface area contributed by atoms with Crippen molar-refractivity contribution in [2.24, 2.45) is 0 Å². The molecule has 0 aliphatic carbocycles. The van der Waals surface area contributed by atoms with Gasteiger partial charge >= 0.3 is 6.16 Å². The average molecular weight is 607 g/mol. The maximum absolute atomic E-state index is 12.2. The second-order valence-electron chi connectivity index (χ2n) is 12.2. The molecule has 240 valence electrons. The predicted octanol–water partition coefficient (Wildman–Crippen LogP) is 9.88. The SMILES string of the molecule is CCCCCCCC/C=C\CCCCCCCCOC(=O)OC[N+]1(C)CCC=C(c2nsnc2OCCCCCC)C1. The fraction of sp³-hybridized carbons (Fsp3) is 0.794. The van der Waals surface area contributed by atoms with E-state index in [1.54, 1.807) is 0 Å². The Morgan fingerprint density at radius 2 is 1.40 bits per heavy atom. The van der Waals surface area contributed by atoms with Crippen LogP contribution in [0.15, 0.2) is 18.2 Å². The number of hydrogen-bond donors (Lipinski definition) is 0. The molecule has 2 rings (SSSR count). The average Bonchev–Trinajstić information content (AvgIpc) is 3.46. The molecule has 1 atom stereocenters. The molecule has 0 aromatic carbocycles. The fourth-order valence-corrected chi connectivity index (χ4v) is 5.84. The Bertz CT molecular complexity index is 888. The Hall–Kier alpha value is -1.93. The van der Waals surface area contributed by atoms with Crippen LogP contribution in [-0.4, -0.2) is 59.5 Å². The molecule has 1 unspecified atom stereocenters. The van der Waals surface area contributed by atoms with Crippen molar-refractivity contribution >= 4 is 23.5 Å². The van der Waals surface area contributed by atoms with Crippen LogP contribution in [0, 0.1) is 0 Å². The first-order valence-corrected chi connectivity index (χ1v) is 17.7. The molecule has 1 aliphatic heterocycles. The van der Waals surface area contributed by atoms with Crippen LogP contribution < -0.4 is 4.74 Å². The van der Waals surface area contributed by atoms with E-state index in [-0.39, 0.29) is 6.73 Å². The highest BCUT2D eigenvalue weighted by atomic mass is 32.1. The van der Waals surface area contributed by atoms with Crippen LogP contribution in [0.25, 0.3) is 5.57 Å². The van der Waals surface area contributed by atoms with Gasteiger partial charge in [-0.15, -0.1) is 4.37 Å². The molecule has 0 amide bonds. The number of quaternary nitrogens is 1. The minimum atomic E-state index is -0.565. The number of ether oxygens (including phenoxy) is 3. The lowest BCUT2D eigenvalue weighted by molar-refractivity contribution is -0.919. The van der Waals surface area contributed by atoms with E-state index in [2.05, 4.69) is 47.9 Å². The zero-order valence-electron chi connectivity index (χ0n) is 27.1. The van der Waals surface area contributed by atoms with Gasteiger partial charge in [0.2, 0.25) is 6.73 Å². The fourth-order valence-electron chi connectivity index (χ4n) is 5.31. The van der Waals surface area contributed by atoms with Crippen LogP contribution in [-0.2, 0) is 9.47 Å². The number of carbonyl (C=O) groups excluding carboxylic acids is 1. The van der Waals surface area contributed by atoms with Crippen LogP contribution in [0.4, 0.5) is 4.79 Å². The molecule has 0 radical (unpaired) electrons. The number of rotatable bonds is 25. The van der Waals surface area contributed by atoms with E-state index >= 15 is 0 Å². The number of unbranched alkanes of at least 4 members (excludes halogenated alkanes) is 15. The summed E-state index contributed by atoms with van der Waals surface area (Å²) in [7, 11) is 2.11. The van der Waals surface area contributed by atoms with E-state index in [4.69, 9.17) is 14.2 Å². The van der Waals surface area contributed by atoms with E-state index in [1.807, 2.05) is 0 Å². The minimum Gasteiger partial charge on any atom is -0.475 e. The molecule has 42 heavy (non-hydrogen) atoms. The van der Waals surface area contributed by atoms with Crippen LogP contribution >= 0.6 is 11.7 Å². The van der Waals surface area contributed by atoms with Crippen molar-refractivity contribution in [3.63, 3.8) is 0 Å². The first-order chi connectivity index (χ1) is 20.6. The van der Waals surface area contributed by atoms with Crippen molar-refractivity contribution in [1.82, 2.24) is 8.75 Å². The highest BCUT2D eigenvalue weighted by Gasteiger charge is 2.31. The maximum Gasteiger partial charge on any atom is 0.512 e. The van der Waals surface area contributed by atoms with E-state index in [0.29, 0.717) is 23.6 Å². The van der Waals surface area contributed by atoms with Gasteiger partial charge < -0.3 is 14.2 Å². The Morgan fingerprint density at radius 3 is 2.10 bits per heavy atom. The lowest BCUT2D eigenvalue weighted by Crippen LogP contribution is -2.49. The second kappa shape index (κ2) is 23.5. The number of carbonyl (C=O) groups is 1. The molecule has 7 nitrogen and oxygen atoms in total. The van der Waals surface area contributed by atoms with Crippen molar-refractivity contribution in [3.8, 4) is 5.88 Å². The van der Waals surface area contributed by atoms with E-state index in [0.717, 1.165) is 50.0 Å². The zero-order valence-corrected chi connectivity index (χ0v) is 27.9. The van der Waals surface area contributed by atoms with Gasteiger partial charge in [-0.1, -0.05) is 109 Å². The van der Waals surface area contributed by atoms with Crippen molar-refractivity contribution in [1.29, 1.82) is 0 Å². The second-order valence-corrected chi connectivity index (χ2v) is 12.7. The van der Waals surface area contributed by atoms with Gasteiger partial charge in [0.15, 0.2) is 0 Å². The normalized spacial score (nSPS) is 17.0. The van der Waals surface area contributed by atoms with Crippen molar-refractivity contribution < 1.29 is 23.5 Å². The summed E-state index contributed by atoms with van der Waals surface area (Å²) in [6, 6.07) is 0. The monoisotopic (exact) mass is 606 g/mol. The number of nitrogens with zero attached hydrogens (tertiary/aromatic N) is 3. The van der Waals surface area contributed by atoms with Gasteiger partial charge in [-0.2, -0.15) is 4.37 Å². The molecule has 1 aliphatic rings. The molecule has 1 aromatic heterocycles. The molecule has 0 fully saturated rings. The first kappa shape index (κ1) is 36.3. The molecular weight excluding hydrogens is 546 g/mol. The topological polar surface area (TPSA) is 70.5 Å². The Kier molecular flexibility index (Phi) is 20.3. The van der Waals surface area contributed by atoms with Crippen molar-refractivity contribution in [2.75, 3.05) is 40.1 Å². The molecule has 0 N–H and O–H groups in total. The van der Waals surface area contributed by atoms with E-state index in [9.17, 15) is 4.79 Å². The highest BCUT2D eigenvalue weighted by Crippen LogP contribution is 2.30. The molecular formula is C34H60N3O4S+. The summed E-state index contributed by atoms with van der Waals surface area (Å²) >= 11 is 1.19. The van der Waals surface area contributed by atoms with Gasteiger partial charge in [-0.05, 0) is 38.5 Å². The van der Waals surface area contributed by atoms with Crippen LogP contribution in [0.2, 0.25) is 0 Å². The lowest BCUT2D eigenvalue weighted by Gasteiger charge is -2.36. The summed E-state index contributed by atoms with van der Waals surface area (Å²) in [5, 5.41) is 0. The third-order valence-corrected chi connectivity index (χ3v) is 8.49.